The zero-order chi connectivity index (χ0) is 18.1. The second-order valence-corrected chi connectivity index (χ2v) is 6.63. The summed E-state index contributed by atoms with van der Waals surface area (Å²) in [6.45, 7) is 0.779. The molecule has 26 heavy (non-hydrogen) atoms. The third-order valence-corrected chi connectivity index (χ3v) is 4.81. The summed E-state index contributed by atoms with van der Waals surface area (Å²) in [4.78, 5) is 33.1. The van der Waals surface area contributed by atoms with Gasteiger partial charge in [0.1, 0.15) is 12.1 Å². The largest absolute Gasteiger partial charge is 0.368 e. The molecule has 2 heterocycles. The van der Waals surface area contributed by atoms with Crippen LogP contribution in [0.4, 0.5) is 5.82 Å². The van der Waals surface area contributed by atoms with Gasteiger partial charge in [0, 0.05) is 30.3 Å². The SMILES string of the molecule is NC1CC(c2cc(NCCn3[nH]c(=O)c4ccccc4c3=O)ncn2)C1. The molecule has 1 fully saturated rings. The van der Waals surface area contributed by atoms with Gasteiger partial charge in [-0.05, 0) is 25.0 Å². The Kier molecular flexibility index (Phi) is 4.26. The summed E-state index contributed by atoms with van der Waals surface area (Å²) in [5.74, 6) is 1.10. The van der Waals surface area contributed by atoms with Crippen LogP contribution in [0.1, 0.15) is 24.5 Å². The van der Waals surface area contributed by atoms with Crippen LogP contribution in [-0.4, -0.2) is 32.3 Å². The van der Waals surface area contributed by atoms with E-state index < -0.39 is 0 Å². The molecule has 8 heteroatoms. The number of nitrogens with one attached hydrogen (secondary N) is 2. The van der Waals surface area contributed by atoms with Crippen LogP contribution in [0, 0.1) is 0 Å². The molecule has 1 aliphatic rings. The Hall–Kier alpha value is -3.00. The fourth-order valence-electron chi connectivity index (χ4n) is 3.30. The third kappa shape index (κ3) is 3.11. The van der Waals surface area contributed by atoms with Crippen LogP contribution in [-0.2, 0) is 6.54 Å². The van der Waals surface area contributed by atoms with Crippen molar-refractivity contribution in [3.63, 3.8) is 0 Å². The monoisotopic (exact) mass is 352 g/mol. The average Bonchev–Trinajstić information content (AvgIpc) is 2.63. The lowest BCUT2D eigenvalue weighted by Crippen LogP contribution is -2.35. The van der Waals surface area contributed by atoms with E-state index in [1.54, 1.807) is 24.3 Å². The van der Waals surface area contributed by atoms with E-state index in [-0.39, 0.29) is 17.2 Å². The number of nitrogens with two attached hydrogens (primary N) is 1. The van der Waals surface area contributed by atoms with Crippen molar-refractivity contribution in [3.8, 4) is 0 Å². The number of aromatic amines is 1. The quantitative estimate of drug-likeness (QED) is 0.625. The minimum Gasteiger partial charge on any atom is -0.368 e. The molecule has 8 nitrogen and oxygen atoms in total. The number of H-pyrrole nitrogens is 1. The van der Waals surface area contributed by atoms with Gasteiger partial charge in [-0.15, -0.1) is 0 Å². The predicted molar refractivity (Wildman–Crippen MR) is 99.3 cm³/mol. The summed E-state index contributed by atoms with van der Waals surface area (Å²) in [5.41, 5.74) is 6.33. The molecule has 1 aliphatic carbocycles. The van der Waals surface area contributed by atoms with Crippen LogP contribution in [0.3, 0.4) is 0 Å². The van der Waals surface area contributed by atoms with Gasteiger partial charge >= 0.3 is 0 Å². The second-order valence-electron chi connectivity index (χ2n) is 6.63. The molecular weight excluding hydrogens is 332 g/mol. The molecule has 0 unspecified atom stereocenters. The van der Waals surface area contributed by atoms with Gasteiger partial charge < -0.3 is 11.1 Å². The first-order valence-corrected chi connectivity index (χ1v) is 8.65. The Morgan fingerprint density at radius 2 is 1.96 bits per heavy atom. The van der Waals surface area contributed by atoms with Crippen LogP contribution >= 0.6 is 0 Å². The van der Waals surface area contributed by atoms with E-state index in [2.05, 4.69) is 20.4 Å². The third-order valence-electron chi connectivity index (χ3n) is 4.81. The smallest absolute Gasteiger partial charge is 0.273 e. The van der Waals surface area contributed by atoms with Crippen molar-refractivity contribution < 1.29 is 0 Å². The Balaban J connectivity index is 1.46. The van der Waals surface area contributed by atoms with Crippen LogP contribution in [0.5, 0.6) is 0 Å². The summed E-state index contributed by atoms with van der Waals surface area (Å²) in [5, 5.41) is 6.62. The van der Waals surface area contributed by atoms with Crippen LogP contribution < -0.4 is 22.2 Å². The lowest BCUT2D eigenvalue weighted by molar-refractivity contribution is 0.345. The van der Waals surface area contributed by atoms with Crippen molar-refractivity contribution in [2.45, 2.75) is 31.3 Å². The van der Waals surface area contributed by atoms with Crippen molar-refractivity contribution in [3.05, 3.63) is 63.1 Å². The Labute approximate surface area is 149 Å². The normalized spacial score (nSPS) is 19.3. The molecule has 3 aromatic rings. The second kappa shape index (κ2) is 6.72. The minimum atomic E-state index is -0.272. The van der Waals surface area contributed by atoms with Crippen molar-refractivity contribution in [2.75, 3.05) is 11.9 Å². The topological polar surface area (TPSA) is 119 Å². The Morgan fingerprint density at radius 1 is 1.19 bits per heavy atom. The fraction of sp³-hybridized carbons (Fsp3) is 0.333. The number of fused-ring (bicyclic) bond motifs is 1. The summed E-state index contributed by atoms with van der Waals surface area (Å²) in [7, 11) is 0. The van der Waals surface area contributed by atoms with E-state index in [9.17, 15) is 9.59 Å². The van der Waals surface area contributed by atoms with Gasteiger partial charge in [-0.2, -0.15) is 0 Å². The maximum atomic E-state index is 12.5. The van der Waals surface area contributed by atoms with Gasteiger partial charge in [-0.1, -0.05) is 12.1 Å². The molecular formula is C18H20N6O2. The Morgan fingerprint density at radius 3 is 2.73 bits per heavy atom. The number of aromatic nitrogens is 4. The lowest BCUT2D eigenvalue weighted by atomic mass is 9.79. The summed E-state index contributed by atoms with van der Waals surface area (Å²) < 4.78 is 1.32. The van der Waals surface area contributed by atoms with Gasteiger partial charge in [0.05, 0.1) is 17.3 Å². The highest BCUT2D eigenvalue weighted by Crippen LogP contribution is 2.34. The molecule has 0 spiro atoms. The summed E-state index contributed by atoms with van der Waals surface area (Å²) >= 11 is 0. The molecule has 0 amide bonds. The number of hydrogen-bond acceptors (Lipinski definition) is 6. The van der Waals surface area contributed by atoms with Gasteiger partial charge in [0.25, 0.3) is 11.1 Å². The van der Waals surface area contributed by atoms with E-state index in [0.717, 1.165) is 18.5 Å². The van der Waals surface area contributed by atoms with Gasteiger partial charge in [0.2, 0.25) is 0 Å². The average molecular weight is 352 g/mol. The first-order chi connectivity index (χ1) is 12.6. The molecule has 1 saturated carbocycles. The molecule has 0 bridgehead atoms. The first kappa shape index (κ1) is 16.5. The maximum Gasteiger partial charge on any atom is 0.273 e. The minimum absolute atomic E-state index is 0.214. The molecule has 2 aromatic heterocycles. The van der Waals surface area contributed by atoms with Crippen molar-refractivity contribution in [1.82, 2.24) is 19.7 Å². The van der Waals surface area contributed by atoms with E-state index >= 15 is 0 Å². The number of rotatable bonds is 5. The van der Waals surface area contributed by atoms with Crippen LogP contribution in [0.15, 0.2) is 46.2 Å². The summed E-state index contributed by atoms with van der Waals surface area (Å²) in [6, 6.07) is 8.99. The van der Waals surface area contributed by atoms with Crippen LogP contribution in [0.25, 0.3) is 10.8 Å². The molecule has 0 aliphatic heterocycles. The first-order valence-electron chi connectivity index (χ1n) is 8.65. The maximum absolute atomic E-state index is 12.5. The van der Waals surface area contributed by atoms with Gasteiger partial charge in [-0.3, -0.25) is 14.7 Å². The molecule has 0 radical (unpaired) electrons. The molecule has 0 atom stereocenters. The van der Waals surface area contributed by atoms with Gasteiger partial charge in [-0.25, -0.2) is 14.6 Å². The highest BCUT2D eigenvalue weighted by Gasteiger charge is 2.28. The molecule has 134 valence electrons. The molecule has 1 aromatic carbocycles. The molecule has 4 rings (SSSR count). The number of nitrogens with zero attached hydrogens (tertiary/aromatic N) is 3. The Bertz CT molecular complexity index is 1050. The van der Waals surface area contributed by atoms with E-state index in [4.69, 9.17) is 5.73 Å². The zero-order valence-electron chi connectivity index (χ0n) is 14.2. The summed E-state index contributed by atoms with van der Waals surface area (Å²) in [6.07, 6.45) is 3.43. The fourth-order valence-corrected chi connectivity index (χ4v) is 3.30. The number of anilines is 1. The van der Waals surface area contributed by atoms with E-state index in [1.165, 1.54) is 11.0 Å². The molecule has 0 saturated heterocycles. The number of hydrogen-bond donors (Lipinski definition) is 3. The van der Waals surface area contributed by atoms with Crippen LogP contribution in [0.2, 0.25) is 0 Å². The van der Waals surface area contributed by atoms with Crippen molar-refractivity contribution in [1.29, 1.82) is 0 Å². The standard InChI is InChI=1S/C18H20N6O2/c19-12-7-11(8-12)15-9-16(22-10-21-15)20-5-6-24-18(26)14-4-2-1-3-13(14)17(25)23-24/h1-4,9-12H,5-8,19H2,(H,23,25)(H,20,21,22). The van der Waals surface area contributed by atoms with Crippen molar-refractivity contribution >= 4 is 16.6 Å². The number of benzene rings is 1. The lowest BCUT2D eigenvalue weighted by Gasteiger charge is -2.31. The zero-order valence-corrected chi connectivity index (χ0v) is 14.2. The van der Waals surface area contributed by atoms with E-state index in [1.807, 2.05) is 6.07 Å². The highest BCUT2D eigenvalue weighted by molar-refractivity contribution is 5.80. The highest BCUT2D eigenvalue weighted by atomic mass is 16.2. The predicted octanol–water partition coefficient (Wildman–Crippen LogP) is 0.797. The van der Waals surface area contributed by atoms with Crippen molar-refractivity contribution in [2.24, 2.45) is 5.73 Å². The van der Waals surface area contributed by atoms with E-state index in [0.29, 0.717) is 35.6 Å². The molecule has 4 N–H and O–H groups in total. The van der Waals surface area contributed by atoms with Gasteiger partial charge in [0.15, 0.2) is 0 Å².